The molecule has 0 saturated carbocycles. The van der Waals surface area contributed by atoms with Crippen molar-refractivity contribution in [2.75, 3.05) is 0 Å². The fourth-order valence-electron chi connectivity index (χ4n) is 0.920. The topological polar surface area (TPSA) is 87.2 Å². The molecule has 5 heteroatoms. The number of carboxylic acid groups (broad SMARTS) is 1. The molecule has 1 aromatic rings. The third kappa shape index (κ3) is 1.64. The maximum absolute atomic E-state index is 11.0. The molecule has 0 saturated heterocycles. The third-order valence-electron chi connectivity index (χ3n) is 1.64. The number of H-pyrrole nitrogens is 1. The van der Waals surface area contributed by atoms with Gasteiger partial charge in [-0.2, -0.15) is 0 Å². The van der Waals surface area contributed by atoms with Crippen LogP contribution in [0.3, 0.4) is 0 Å². The number of aromatic carboxylic acids is 1. The molecule has 13 heavy (non-hydrogen) atoms. The van der Waals surface area contributed by atoms with Gasteiger partial charge in [0, 0.05) is 11.3 Å². The number of rotatable bonds is 2. The van der Waals surface area contributed by atoms with Gasteiger partial charge in [0.05, 0.1) is 0 Å². The Kier molecular flexibility index (Phi) is 2.27. The van der Waals surface area contributed by atoms with Gasteiger partial charge in [0.1, 0.15) is 5.56 Å². The highest BCUT2D eigenvalue weighted by atomic mass is 16.4. The minimum absolute atomic E-state index is 0.178. The molecule has 5 nitrogen and oxygen atoms in total. The Morgan fingerprint density at radius 2 is 2.23 bits per heavy atom. The third-order valence-corrected chi connectivity index (χ3v) is 1.64. The van der Waals surface area contributed by atoms with Crippen LogP contribution in [0.25, 0.3) is 0 Å². The zero-order chi connectivity index (χ0) is 10.0. The summed E-state index contributed by atoms with van der Waals surface area (Å²) in [4.78, 5) is 34.1. The zero-order valence-corrected chi connectivity index (χ0v) is 6.83. The number of hydrogen-bond acceptors (Lipinski definition) is 3. The number of aromatic amines is 1. The largest absolute Gasteiger partial charge is 0.477 e. The lowest BCUT2D eigenvalue weighted by atomic mass is 10.1. The molecular formula is C8H7NO4. The normalized spacial score (nSPS) is 9.62. The van der Waals surface area contributed by atoms with Crippen LogP contribution in [0.4, 0.5) is 0 Å². The first-order chi connectivity index (χ1) is 6.06. The summed E-state index contributed by atoms with van der Waals surface area (Å²) in [6.07, 6.45) is 0.498. The van der Waals surface area contributed by atoms with E-state index in [-0.39, 0.29) is 5.56 Å². The van der Waals surface area contributed by atoms with E-state index in [0.717, 1.165) is 6.07 Å². The lowest BCUT2D eigenvalue weighted by Gasteiger charge is -1.98. The van der Waals surface area contributed by atoms with E-state index in [1.54, 1.807) is 0 Å². The standard InChI is InChI=1S/C8H7NO4/c1-4-5(3-10)2-6(8(12)13)7(11)9-4/h2-3H,1H3,(H,9,11)(H,12,13). The summed E-state index contributed by atoms with van der Waals surface area (Å²) in [5, 5.41) is 8.54. The monoisotopic (exact) mass is 181 g/mol. The lowest BCUT2D eigenvalue weighted by molar-refractivity contribution is 0.0695. The summed E-state index contributed by atoms with van der Waals surface area (Å²) in [6.45, 7) is 1.52. The summed E-state index contributed by atoms with van der Waals surface area (Å²) in [5.41, 5.74) is -0.578. The maximum atomic E-state index is 11.0. The maximum Gasteiger partial charge on any atom is 0.341 e. The molecular weight excluding hydrogens is 174 g/mol. The van der Waals surface area contributed by atoms with Crippen LogP contribution in [0, 0.1) is 6.92 Å². The van der Waals surface area contributed by atoms with E-state index in [9.17, 15) is 14.4 Å². The average molecular weight is 181 g/mol. The molecule has 2 N–H and O–H groups in total. The van der Waals surface area contributed by atoms with Crippen molar-refractivity contribution in [3.05, 3.63) is 33.2 Å². The first kappa shape index (κ1) is 9.18. The predicted molar refractivity (Wildman–Crippen MR) is 44.1 cm³/mol. The van der Waals surface area contributed by atoms with Gasteiger partial charge in [-0.1, -0.05) is 0 Å². The number of aryl methyl sites for hydroxylation is 1. The van der Waals surface area contributed by atoms with Crippen molar-refractivity contribution in [2.45, 2.75) is 6.92 Å². The Morgan fingerprint density at radius 3 is 2.69 bits per heavy atom. The molecule has 0 bridgehead atoms. The number of aromatic nitrogens is 1. The molecule has 0 aliphatic carbocycles. The quantitative estimate of drug-likeness (QED) is 0.637. The number of pyridine rings is 1. The summed E-state index contributed by atoms with van der Waals surface area (Å²) in [5.74, 6) is -1.34. The first-order valence-corrected chi connectivity index (χ1v) is 3.48. The molecule has 68 valence electrons. The summed E-state index contributed by atoms with van der Waals surface area (Å²) in [7, 11) is 0. The van der Waals surface area contributed by atoms with Crippen molar-refractivity contribution >= 4 is 12.3 Å². The van der Waals surface area contributed by atoms with Crippen molar-refractivity contribution < 1.29 is 14.7 Å². The van der Waals surface area contributed by atoms with Crippen molar-refractivity contribution in [1.29, 1.82) is 0 Å². The second-order valence-electron chi connectivity index (χ2n) is 2.52. The van der Waals surface area contributed by atoms with E-state index in [2.05, 4.69) is 4.98 Å². The number of carbonyl (C=O) groups excluding carboxylic acids is 1. The molecule has 1 heterocycles. The number of nitrogens with one attached hydrogen (secondary N) is 1. The fourth-order valence-corrected chi connectivity index (χ4v) is 0.920. The van der Waals surface area contributed by atoms with Crippen LogP contribution in [0.1, 0.15) is 26.4 Å². The van der Waals surface area contributed by atoms with Gasteiger partial charge in [-0.15, -0.1) is 0 Å². The summed E-state index contributed by atoms with van der Waals surface area (Å²) < 4.78 is 0. The second-order valence-corrected chi connectivity index (χ2v) is 2.52. The van der Waals surface area contributed by atoms with E-state index in [4.69, 9.17) is 5.11 Å². The van der Waals surface area contributed by atoms with Gasteiger partial charge in [-0.05, 0) is 13.0 Å². The smallest absolute Gasteiger partial charge is 0.341 e. The van der Waals surface area contributed by atoms with Crippen LogP contribution in [0.5, 0.6) is 0 Å². The predicted octanol–water partition coefficient (Wildman–Crippen LogP) is 0.194. The Labute approximate surface area is 73.0 Å². The SMILES string of the molecule is Cc1[nH]c(=O)c(C(=O)O)cc1C=O. The van der Waals surface area contributed by atoms with Crippen molar-refractivity contribution in [1.82, 2.24) is 4.98 Å². The van der Waals surface area contributed by atoms with Crippen LogP contribution >= 0.6 is 0 Å². The van der Waals surface area contributed by atoms with Crippen LogP contribution in [0.2, 0.25) is 0 Å². The van der Waals surface area contributed by atoms with Gasteiger partial charge in [0.2, 0.25) is 0 Å². The second kappa shape index (κ2) is 3.22. The van der Waals surface area contributed by atoms with E-state index < -0.39 is 17.1 Å². The van der Waals surface area contributed by atoms with Crippen molar-refractivity contribution in [3.8, 4) is 0 Å². The van der Waals surface area contributed by atoms with E-state index in [1.165, 1.54) is 6.92 Å². The van der Waals surface area contributed by atoms with Gasteiger partial charge >= 0.3 is 5.97 Å². The average Bonchev–Trinajstić information content (AvgIpc) is 2.03. The number of aldehydes is 1. The number of carboxylic acids is 1. The van der Waals surface area contributed by atoms with Crippen molar-refractivity contribution in [2.24, 2.45) is 0 Å². The minimum Gasteiger partial charge on any atom is -0.477 e. The molecule has 0 aliphatic rings. The van der Waals surface area contributed by atoms with Gasteiger partial charge in [0.25, 0.3) is 5.56 Å². The zero-order valence-electron chi connectivity index (χ0n) is 6.83. The van der Waals surface area contributed by atoms with E-state index in [1.807, 2.05) is 0 Å². The lowest BCUT2D eigenvalue weighted by Crippen LogP contribution is -2.19. The molecule has 0 aliphatic heterocycles. The highest BCUT2D eigenvalue weighted by Gasteiger charge is 2.10. The van der Waals surface area contributed by atoms with Gasteiger partial charge in [-0.25, -0.2) is 4.79 Å². The van der Waals surface area contributed by atoms with E-state index in [0.29, 0.717) is 12.0 Å². The Balaban J connectivity index is 3.48. The fraction of sp³-hybridized carbons (Fsp3) is 0.125. The van der Waals surface area contributed by atoms with Crippen LogP contribution in [-0.2, 0) is 0 Å². The van der Waals surface area contributed by atoms with Gasteiger partial charge < -0.3 is 10.1 Å². The molecule has 0 unspecified atom stereocenters. The number of hydrogen-bond donors (Lipinski definition) is 2. The molecule has 1 aromatic heterocycles. The summed E-state index contributed by atoms with van der Waals surface area (Å²) in [6, 6.07) is 1.06. The first-order valence-electron chi connectivity index (χ1n) is 3.48. The molecule has 0 amide bonds. The molecule has 0 spiro atoms. The van der Waals surface area contributed by atoms with Crippen molar-refractivity contribution in [3.63, 3.8) is 0 Å². The molecule has 0 fully saturated rings. The molecule has 0 atom stereocenters. The van der Waals surface area contributed by atoms with Crippen LogP contribution in [-0.4, -0.2) is 22.3 Å². The molecule has 0 aromatic carbocycles. The molecule has 0 radical (unpaired) electrons. The Hall–Kier alpha value is -1.91. The Bertz CT molecular complexity index is 419. The van der Waals surface area contributed by atoms with E-state index >= 15 is 0 Å². The van der Waals surface area contributed by atoms with Gasteiger partial charge in [-0.3, -0.25) is 9.59 Å². The molecule has 1 rings (SSSR count). The van der Waals surface area contributed by atoms with Crippen LogP contribution < -0.4 is 5.56 Å². The highest BCUT2D eigenvalue weighted by Crippen LogP contribution is 2.01. The Morgan fingerprint density at radius 1 is 1.62 bits per heavy atom. The van der Waals surface area contributed by atoms with Crippen LogP contribution in [0.15, 0.2) is 10.9 Å². The number of carbonyl (C=O) groups is 2. The summed E-state index contributed by atoms with van der Waals surface area (Å²) >= 11 is 0. The van der Waals surface area contributed by atoms with Gasteiger partial charge in [0.15, 0.2) is 6.29 Å². The minimum atomic E-state index is -1.34. The highest BCUT2D eigenvalue weighted by molar-refractivity contribution is 5.89.